The molecule has 1 aromatic rings. The number of hydrogen-bond acceptors (Lipinski definition) is 5. The number of nitrogens with zero attached hydrogens (tertiary/aromatic N) is 2. The lowest BCUT2D eigenvalue weighted by Gasteiger charge is -2.15. The highest BCUT2D eigenvalue weighted by atomic mass is 127. The van der Waals surface area contributed by atoms with E-state index in [-0.39, 0.29) is 36.4 Å². The minimum atomic E-state index is -0.0520. The molecule has 0 unspecified atom stereocenters. The number of carbonyl (C=O) groups is 1. The monoisotopic (exact) mass is 404 g/mol. The van der Waals surface area contributed by atoms with Gasteiger partial charge >= 0.3 is 0 Å². The zero-order valence-corrected chi connectivity index (χ0v) is 14.6. The van der Waals surface area contributed by atoms with Gasteiger partial charge in [0.15, 0.2) is 5.96 Å². The summed E-state index contributed by atoms with van der Waals surface area (Å²) in [5, 5.41) is 5.89. The average Bonchev–Trinajstić information content (AvgIpc) is 2.89. The van der Waals surface area contributed by atoms with Crippen molar-refractivity contribution in [3.8, 4) is 5.75 Å². The summed E-state index contributed by atoms with van der Waals surface area (Å²) in [6.45, 7) is 2.42. The summed E-state index contributed by atoms with van der Waals surface area (Å²) < 4.78 is 5.09. The molecule has 0 aliphatic carbocycles. The van der Waals surface area contributed by atoms with Crippen molar-refractivity contribution >= 4 is 35.8 Å². The van der Waals surface area contributed by atoms with E-state index in [2.05, 4.69) is 15.6 Å². The molecule has 0 bridgehead atoms. The van der Waals surface area contributed by atoms with Gasteiger partial charge in [-0.15, -0.1) is 24.0 Å². The Morgan fingerprint density at radius 2 is 2.10 bits per heavy atom. The number of aliphatic imine (C=N–C) groups is 1. The maximum atomic E-state index is 11.7. The Bertz CT molecular complexity index is 490. The van der Waals surface area contributed by atoms with Crippen LogP contribution in [0.2, 0.25) is 0 Å². The summed E-state index contributed by atoms with van der Waals surface area (Å²) >= 11 is 0. The largest absolute Gasteiger partial charge is 0.497 e. The van der Waals surface area contributed by atoms with Crippen molar-refractivity contribution in [3.63, 3.8) is 0 Å². The lowest BCUT2D eigenvalue weighted by molar-refractivity contribution is -0.120. The molecule has 1 aliphatic rings. The van der Waals surface area contributed by atoms with E-state index in [0.717, 1.165) is 30.4 Å². The van der Waals surface area contributed by atoms with Crippen molar-refractivity contribution in [2.75, 3.05) is 33.8 Å². The molecule has 0 saturated carbocycles. The number of benzene rings is 1. The minimum absolute atomic E-state index is 0. The van der Waals surface area contributed by atoms with Crippen LogP contribution in [0, 0.1) is 0 Å². The Morgan fingerprint density at radius 1 is 1.38 bits per heavy atom. The van der Waals surface area contributed by atoms with Crippen molar-refractivity contribution in [1.82, 2.24) is 15.5 Å². The highest BCUT2D eigenvalue weighted by Gasteiger charge is 2.12. The second-order valence-corrected chi connectivity index (χ2v) is 4.61. The molecule has 1 aromatic carbocycles. The molecule has 1 amide bonds. The summed E-state index contributed by atoms with van der Waals surface area (Å²) in [6.07, 6.45) is 0. The number of hydrogen-bond donors (Lipinski definition) is 2. The molecule has 2 N–H and O–H groups in total. The molecule has 7 heteroatoms. The molecule has 0 saturated heterocycles. The van der Waals surface area contributed by atoms with Gasteiger partial charge in [-0.1, -0.05) is 12.1 Å². The number of halogens is 1. The fourth-order valence-electron chi connectivity index (χ4n) is 1.89. The number of ether oxygens (including phenoxy) is 1. The van der Waals surface area contributed by atoms with Crippen LogP contribution in [0.3, 0.4) is 0 Å². The Labute approximate surface area is 142 Å². The van der Waals surface area contributed by atoms with E-state index in [4.69, 9.17) is 4.74 Å². The van der Waals surface area contributed by atoms with Crippen LogP contribution in [-0.2, 0) is 11.3 Å². The number of methoxy groups -OCH3 is 1. The molecular formula is C14H21IN4O2. The normalized spacial score (nSPS) is 13.2. The molecule has 2 rings (SSSR count). The van der Waals surface area contributed by atoms with Crippen molar-refractivity contribution in [1.29, 1.82) is 0 Å². The average molecular weight is 404 g/mol. The third-order valence-corrected chi connectivity index (χ3v) is 3.11. The predicted octanol–water partition coefficient (Wildman–Crippen LogP) is 0.820. The van der Waals surface area contributed by atoms with Crippen molar-refractivity contribution < 1.29 is 9.53 Å². The third kappa shape index (κ3) is 5.41. The molecule has 6 nitrogen and oxygen atoms in total. The summed E-state index contributed by atoms with van der Waals surface area (Å²) in [5.74, 6) is 1.54. The molecule has 116 valence electrons. The van der Waals surface area contributed by atoms with Gasteiger partial charge in [-0.05, 0) is 17.7 Å². The van der Waals surface area contributed by atoms with E-state index < -0.39 is 0 Å². The molecule has 1 aliphatic heterocycles. The Balaban J connectivity index is 0.00000220. The first-order valence-electron chi connectivity index (χ1n) is 6.58. The molecule has 0 radical (unpaired) electrons. The van der Waals surface area contributed by atoms with Crippen LogP contribution >= 0.6 is 24.0 Å². The molecule has 0 atom stereocenters. The maximum Gasteiger partial charge on any atom is 0.239 e. The van der Waals surface area contributed by atoms with Crippen LogP contribution in [0.5, 0.6) is 5.75 Å². The Morgan fingerprint density at radius 3 is 2.67 bits per heavy atom. The van der Waals surface area contributed by atoms with Gasteiger partial charge in [-0.25, -0.2) is 0 Å². The van der Waals surface area contributed by atoms with Crippen LogP contribution in [0.1, 0.15) is 5.56 Å². The van der Waals surface area contributed by atoms with E-state index in [1.54, 1.807) is 7.11 Å². The van der Waals surface area contributed by atoms with E-state index in [0.29, 0.717) is 6.54 Å². The summed E-state index contributed by atoms with van der Waals surface area (Å²) in [5.41, 5.74) is 1.04. The van der Waals surface area contributed by atoms with Crippen LogP contribution in [-0.4, -0.2) is 50.6 Å². The van der Waals surface area contributed by atoms with Crippen molar-refractivity contribution in [3.05, 3.63) is 29.8 Å². The number of nitrogens with one attached hydrogen (secondary N) is 2. The number of carbonyl (C=O) groups excluding carboxylic acids is 1. The summed E-state index contributed by atoms with van der Waals surface area (Å²) in [6, 6.07) is 7.62. The third-order valence-electron chi connectivity index (χ3n) is 3.11. The molecule has 0 spiro atoms. The number of guanidine groups is 1. The first kappa shape index (κ1) is 17.5. The first-order valence-corrected chi connectivity index (χ1v) is 6.58. The molecule has 0 fully saturated rings. The van der Waals surface area contributed by atoms with Gasteiger partial charge in [0.1, 0.15) is 5.75 Å². The van der Waals surface area contributed by atoms with Gasteiger partial charge < -0.3 is 20.3 Å². The van der Waals surface area contributed by atoms with Gasteiger partial charge in [0, 0.05) is 20.1 Å². The van der Waals surface area contributed by atoms with Crippen LogP contribution in [0.4, 0.5) is 0 Å². The minimum Gasteiger partial charge on any atom is -0.497 e. The first-order chi connectivity index (χ1) is 9.69. The standard InChI is InChI=1S/C14H20N4O2.HI/c1-18-8-7-15-14(18)17-10-13(19)16-9-11-3-5-12(20-2)6-4-11;/h3-6H,7-10H2,1-2H3,(H,15,17)(H,16,19);1H. The van der Waals surface area contributed by atoms with Gasteiger partial charge in [0.05, 0.1) is 20.2 Å². The van der Waals surface area contributed by atoms with Crippen LogP contribution in [0.25, 0.3) is 0 Å². The Kier molecular flexibility index (Phi) is 7.27. The topological polar surface area (TPSA) is 66.0 Å². The smallest absolute Gasteiger partial charge is 0.239 e. The van der Waals surface area contributed by atoms with Gasteiger partial charge in [-0.2, -0.15) is 0 Å². The van der Waals surface area contributed by atoms with Gasteiger partial charge in [0.2, 0.25) is 5.91 Å². The highest BCUT2D eigenvalue weighted by Crippen LogP contribution is 2.10. The molecule has 1 heterocycles. The quantitative estimate of drug-likeness (QED) is 0.714. The lowest BCUT2D eigenvalue weighted by atomic mass is 10.2. The highest BCUT2D eigenvalue weighted by molar-refractivity contribution is 14.0. The molecule has 0 aromatic heterocycles. The number of rotatable bonds is 5. The molecule has 21 heavy (non-hydrogen) atoms. The summed E-state index contributed by atoms with van der Waals surface area (Å²) in [7, 11) is 3.58. The van der Waals surface area contributed by atoms with E-state index in [9.17, 15) is 4.79 Å². The zero-order valence-electron chi connectivity index (χ0n) is 12.3. The second-order valence-electron chi connectivity index (χ2n) is 4.61. The van der Waals surface area contributed by atoms with Crippen LogP contribution in [0.15, 0.2) is 29.3 Å². The SMILES string of the molecule is COc1ccc(CNC(=O)CNC2=NCCN2C)cc1.I. The maximum absolute atomic E-state index is 11.7. The van der Waals surface area contributed by atoms with Crippen LogP contribution < -0.4 is 15.4 Å². The fourth-order valence-corrected chi connectivity index (χ4v) is 1.89. The van der Waals surface area contributed by atoms with Gasteiger partial charge in [0.25, 0.3) is 0 Å². The second kappa shape index (κ2) is 8.71. The number of amides is 1. The lowest BCUT2D eigenvalue weighted by Crippen LogP contribution is -2.41. The van der Waals surface area contributed by atoms with E-state index in [1.807, 2.05) is 36.2 Å². The number of likely N-dealkylation sites (N-methyl/N-ethyl adjacent to an activating group) is 1. The van der Waals surface area contributed by atoms with E-state index >= 15 is 0 Å². The van der Waals surface area contributed by atoms with Crippen molar-refractivity contribution in [2.24, 2.45) is 4.99 Å². The van der Waals surface area contributed by atoms with Crippen molar-refractivity contribution in [2.45, 2.75) is 6.54 Å². The predicted molar refractivity (Wildman–Crippen MR) is 93.2 cm³/mol. The fraction of sp³-hybridized carbons (Fsp3) is 0.429. The van der Waals surface area contributed by atoms with E-state index in [1.165, 1.54) is 0 Å². The summed E-state index contributed by atoms with van der Waals surface area (Å²) in [4.78, 5) is 18.0. The molecular weight excluding hydrogens is 383 g/mol. The zero-order chi connectivity index (χ0) is 14.4. The Hall–Kier alpha value is -1.51. The van der Waals surface area contributed by atoms with Gasteiger partial charge in [-0.3, -0.25) is 9.79 Å².